The van der Waals surface area contributed by atoms with Crippen molar-refractivity contribution in [1.82, 2.24) is 68.1 Å². The first kappa shape index (κ1) is 102. The van der Waals surface area contributed by atoms with Gasteiger partial charge in [-0.05, 0) is 190 Å². The standard InChI is InChI=1S/C31H33N7O3.C28H30N6O4.C28H28N6O3.C8H13NO2.3CH4.Na.H2O/c1-36(21-11-12-21)16-5-8-25(39)37-17-15-22(18-37)38-28(30(33)40)26(27-29(32)34-19-35-31(27)38)20-9-13-24(14-10-20)41-23-6-3-2-4-7-23;1-28(2,3)38-27(36)33-14-13-18(15-33)34-23(25(30)35)21(22-24(29)31-16-32-26(22)34)17-9-11-20(12-10-17)37-19-7-5-4-6-8-19;1-28(2,3)37-27(35)33-14-13-19(16-33)34-22(15-29)23(24-25(30)31-17-32-26(24)34)18-9-11-21(12-10-18)36-20-7-5-4-6-8-20;1-9(7-4-5-7)6-2-3-8(10)11;;;;;/h2-10,13-14,19,21-22H,11-12,15-18H2,1H3,(H2,33,40)(H2,32,34,35);4-12,16,18H,13-15H2,1-3H3,(H2,30,35)(H2,29,31,32);4-12,17,19H,13-14,16H2,1-3H3,(H2,30,31,32);2-3,7H,4-6H2,1H3,(H,10,11);3*1H4;;1H2/q;;;;;;;+1;/p-1/b8-5+;;;3-2+;;;;;/t22-;18-;19-;;;;;;/m111....../s1. The number of rotatable bonds is 22. The van der Waals surface area contributed by atoms with Crippen molar-refractivity contribution >= 4 is 86.4 Å². The Bertz CT molecular complexity index is 6110. The van der Waals surface area contributed by atoms with Crippen molar-refractivity contribution in [3.05, 3.63) is 224 Å². The van der Waals surface area contributed by atoms with Crippen LogP contribution in [0.15, 0.2) is 207 Å². The Labute approximate surface area is 790 Å². The molecule has 688 valence electrons. The summed E-state index contributed by atoms with van der Waals surface area (Å²) in [6, 6.07) is 53.8. The van der Waals surface area contributed by atoms with Gasteiger partial charge in [0.15, 0.2) is 0 Å². The fraction of sp³-hybridized carbons (Fsp3) is 0.337. The van der Waals surface area contributed by atoms with Crippen LogP contribution < -0.4 is 72.4 Å². The van der Waals surface area contributed by atoms with E-state index in [9.17, 15) is 34.0 Å². The molecule has 3 aliphatic heterocycles. The van der Waals surface area contributed by atoms with E-state index in [0.29, 0.717) is 166 Å². The zero-order valence-electron chi connectivity index (χ0n) is 73.6. The summed E-state index contributed by atoms with van der Waals surface area (Å²) in [7, 11) is 4.10. The van der Waals surface area contributed by atoms with Crippen LogP contribution in [0.3, 0.4) is 0 Å². The molecule has 5 aliphatic rings. The molecule has 17 rings (SSSR count). The summed E-state index contributed by atoms with van der Waals surface area (Å²) in [4.78, 5) is 110. The number of nitrogen functional groups attached to an aromatic ring is 3. The summed E-state index contributed by atoms with van der Waals surface area (Å²) in [6.45, 7) is 15.2. The van der Waals surface area contributed by atoms with E-state index >= 15 is 0 Å². The number of nitrogens with two attached hydrogens (primary N) is 5. The first-order valence-corrected chi connectivity index (χ1v) is 42.1. The molecular formula is C98H117N20NaO13. The zero-order chi connectivity index (χ0) is 90.0. The summed E-state index contributed by atoms with van der Waals surface area (Å²) >= 11 is 0. The van der Waals surface area contributed by atoms with Gasteiger partial charge in [-0.3, -0.25) is 24.2 Å². The van der Waals surface area contributed by atoms with Crippen LogP contribution >= 0.6 is 0 Å². The molecule has 34 heteroatoms. The van der Waals surface area contributed by atoms with Crippen LogP contribution in [0.5, 0.6) is 34.5 Å². The second kappa shape index (κ2) is 44.7. The number of aromatic nitrogens is 9. The third kappa shape index (κ3) is 24.5. The summed E-state index contributed by atoms with van der Waals surface area (Å²) in [5, 5.41) is 20.3. The molecule has 5 fully saturated rings. The summed E-state index contributed by atoms with van der Waals surface area (Å²) in [5.41, 5.74) is 36.4. The van der Waals surface area contributed by atoms with Gasteiger partial charge in [-0.1, -0.05) is 125 Å². The Hall–Kier alpha value is -13.8. The molecule has 12 aromatic rings. The molecule has 3 atom stereocenters. The Morgan fingerprint density at radius 3 is 1.08 bits per heavy atom. The molecule has 2 aliphatic carbocycles. The maximum atomic E-state index is 13.0. The second-order valence-electron chi connectivity index (χ2n) is 33.8. The number of carbonyl (C=O) groups excluding carboxylic acids is 5. The summed E-state index contributed by atoms with van der Waals surface area (Å²) in [5.74, 6) is 2.76. The van der Waals surface area contributed by atoms with E-state index in [1.165, 1.54) is 50.7 Å². The van der Waals surface area contributed by atoms with Gasteiger partial charge in [0.25, 0.3) is 11.8 Å². The number of carboxylic acids is 1. The quantitative estimate of drug-likeness (QED) is 0.0271. The number of anilines is 3. The minimum atomic E-state index is -0.866. The van der Waals surface area contributed by atoms with Gasteiger partial charge in [-0.2, -0.15) is 5.26 Å². The molecule has 132 heavy (non-hydrogen) atoms. The molecule has 0 radical (unpaired) electrons. The van der Waals surface area contributed by atoms with Crippen LogP contribution in [0.1, 0.15) is 154 Å². The van der Waals surface area contributed by atoms with Crippen molar-refractivity contribution in [2.45, 2.75) is 150 Å². The molecule has 0 spiro atoms. The number of hydrogen-bond acceptors (Lipinski definition) is 24. The molecule has 2 saturated carbocycles. The Kier molecular flexibility index (Phi) is 34.5. The van der Waals surface area contributed by atoms with E-state index in [4.69, 9.17) is 57.5 Å². The van der Waals surface area contributed by atoms with Crippen LogP contribution in [-0.4, -0.2) is 204 Å². The maximum absolute atomic E-state index is 13.0. The molecule has 0 unspecified atom stereocenters. The number of primary amides is 2. The van der Waals surface area contributed by atoms with Crippen molar-refractivity contribution in [3.8, 4) is 73.9 Å². The van der Waals surface area contributed by atoms with Gasteiger partial charge in [0.1, 0.15) is 122 Å². The number of nitrogens with zero attached hydrogens (tertiary/aromatic N) is 15. The molecule has 6 aromatic carbocycles. The predicted octanol–water partition coefficient (Wildman–Crippen LogP) is 13.7. The third-order valence-corrected chi connectivity index (χ3v) is 22.2. The van der Waals surface area contributed by atoms with Gasteiger partial charge >= 0.3 is 47.7 Å². The van der Waals surface area contributed by atoms with Gasteiger partial charge in [-0.15, -0.1) is 0 Å². The average molecular weight is 1810 g/mol. The second-order valence-corrected chi connectivity index (χ2v) is 33.8. The van der Waals surface area contributed by atoms with Crippen molar-refractivity contribution in [1.29, 1.82) is 5.26 Å². The Balaban J connectivity index is 0.000000206. The molecule has 5 amide bonds. The molecular weight excluding hydrogens is 1690 g/mol. The van der Waals surface area contributed by atoms with E-state index < -0.39 is 35.1 Å². The topological polar surface area (TPSA) is 461 Å². The number of fused-ring (bicyclic) bond motifs is 3. The number of aliphatic carboxylic acids is 1. The molecule has 9 heterocycles. The van der Waals surface area contributed by atoms with E-state index in [1.54, 1.807) is 31.4 Å². The van der Waals surface area contributed by atoms with E-state index in [1.807, 2.05) is 228 Å². The zero-order valence-corrected chi connectivity index (χ0v) is 75.6. The molecule has 33 nitrogen and oxygen atoms in total. The number of carbonyl (C=O) groups is 6. The van der Waals surface area contributed by atoms with E-state index in [0.717, 1.165) is 35.7 Å². The SMILES string of the molecule is C.C.C.CC(C)(C)OC(=O)N1CC[C@@H](n2c(C#N)c(-c3ccc(Oc4ccccc4)cc3)c3c(N)ncnc32)C1.CC(C)(C)OC(=O)N1CC[C@@H](n2c(C(N)=O)c(-c3ccc(Oc4ccccc4)cc3)c3c(N)ncnc32)C1.CN(C/C=C/C(=O)N1CC[C@@H](n2c(C(N)=O)c(-c3ccc(Oc4ccccc4)cc3)c3c(N)ncnc32)C1)C1CC1.CN(C/C=C/C(=O)O)C1CC1.[Na+].[OH-]. The number of hydrogen-bond donors (Lipinski definition) is 6. The van der Waals surface area contributed by atoms with Crippen molar-refractivity contribution < 1.29 is 92.6 Å². The number of nitriles is 1. The van der Waals surface area contributed by atoms with Crippen LogP contribution in [0, 0.1) is 11.3 Å². The summed E-state index contributed by atoms with van der Waals surface area (Å²) in [6.07, 6.45) is 16.7. The van der Waals surface area contributed by atoms with Gasteiger partial charge in [0.05, 0.1) is 34.3 Å². The Morgan fingerprint density at radius 1 is 0.447 bits per heavy atom. The van der Waals surface area contributed by atoms with Gasteiger partial charge in [-0.25, -0.2) is 44.3 Å². The first-order chi connectivity index (χ1) is 61.0. The fourth-order valence-electron chi connectivity index (χ4n) is 16.0. The van der Waals surface area contributed by atoms with Crippen LogP contribution in [-0.2, 0) is 19.1 Å². The first-order valence-electron chi connectivity index (χ1n) is 42.1. The number of likely N-dealkylation sites (tertiary alicyclic amines) is 3. The van der Waals surface area contributed by atoms with Gasteiger partial charge in [0, 0.05) is 93.3 Å². The molecule has 6 aromatic heterocycles. The number of carboxylic acid groups (broad SMARTS) is 1. The fourth-order valence-corrected chi connectivity index (χ4v) is 16.0. The van der Waals surface area contributed by atoms with E-state index in [2.05, 4.69) is 52.8 Å². The monoisotopic (exact) mass is 1800 g/mol. The smallest absolute Gasteiger partial charge is 0.870 e. The van der Waals surface area contributed by atoms with Gasteiger partial charge < -0.3 is 91.3 Å². The number of para-hydroxylation sites is 3. The minimum absolute atomic E-state index is 0. The number of ether oxygens (including phenoxy) is 5. The summed E-state index contributed by atoms with van der Waals surface area (Å²) < 4.78 is 34.4. The number of amides is 5. The Morgan fingerprint density at radius 2 is 0.750 bits per heavy atom. The van der Waals surface area contributed by atoms with Crippen molar-refractivity contribution in [2.75, 3.05) is 83.7 Å². The minimum Gasteiger partial charge on any atom is -0.870 e. The normalized spacial score (nSPS) is 15.6. The van der Waals surface area contributed by atoms with Crippen LogP contribution in [0.2, 0.25) is 0 Å². The molecule has 3 saturated heterocycles. The number of likely N-dealkylation sites (N-methyl/N-ethyl adjacent to an activating group) is 2. The molecule has 12 N–H and O–H groups in total. The van der Waals surface area contributed by atoms with Crippen LogP contribution in [0.4, 0.5) is 27.0 Å². The van der Waals surface area contributed by atoms with Gasteiger partial charge in [0.2, 0.25) is 5.91 Å². The average Bonchev–Trinajstić information content (AvgIpc) is 1.60. The maximum Gasteiger partial charge on any atom is 1.00 e. The van der Waals surface area contributed by atoms with E-state index in [-0.39, 0.29) is 105 Å². The van der Waals surface area contributed by atoms with Crippen LogP contribution in [0.25, 0.3) is 66.5 Å². The number of benzene rings is 6. The van der Waals surface area contributed by atoms with Crippen molar-refractivity contribution in [2.24, 2.45) is 11.5 Å². The van der Waals surface area contributed by atoms with Crippen molar-refractivity contribution in [3.63, 3.8) is 0 Å². The molecule has 0 bridgehead atoms. The third-order valence-electron chi connectivity index (χ3n) is 22.2. The largest absolute Gasteiger partial charge is 1.00 e. The predicted molar refractivity (Wildman–Crippen MR) is 506 cm³/mol.